The number of alkyl halides is 6. The summed E-state index contributed by atoms with van der Waals surface area (Å²) in [6, 6.07) is 4.22. The van der Waals surface area contributed by atoms with Crippen molar-refractivity contribution in [3.8, 4) is 0 Å². The molecule has 1 aromatic carbocycles. The lowest BCUT2D eigenvalue weighted by molar-refractivity contribution is -0.142. The molecule has 0 aliphatic carbocycles. The van der Waals surface area contributed by atoms with Crippen molar-refractivity contribution in [2.75, 3.05) is 32.7 Å². The molecule has 0 amide bonds. The number of rotatable bonds is 3. The molecule has 0 radical (unpaired) electrons. The molecule has 0 bridgehead atoms. The number of nitrogens with zero attached hydrogens (tertiary/aromatic N) is 2. The Morgan fingerprint density at radius 2 is 1.69 bits per heavy atom. The minimum Gasteiger partial charge on any atom is -0.314 e. The first-order valence-corrected chi connectivity index (χ1v) is 8.16. The molecule has 2 heterocycles. The Kier molecular flexibility index (Phi) is 5.12. The lowest BCUT2D eigenvalue weighted by Crippen LogP contribution is -2.44. The Hall–Kier alpha value is -1.87. The normalized spacial score (nSPS) is 17.0. The van der Waals surface area contributed by atoms with Crippen molar-refractivity contribution >= 4 is 10.9 Å². The molecule has 0 unspecified atom stereocenters. The third-order valence-corrected chi connectivity index (χ3v) is 4.43. The van der Waals surface area contributed by atoms with Crippen LogP contribution in [0.1, 0.15) is 16.8 Å². The Morgan fingerprint density at radius 3 is 2.31 bits per heavy atom. The molecule has 1 saturated heterocycles. The zero-order chi connectivity index (χ0) is 18.9. The van der Waals surface area contributed by atoms with E-state index in [0.29, 0.717) is 6.54 Å². The van der Waals surface area contributed by atoms with Crippen molar-refractivity contribution in [1.29, 1.82) is 0 Å². The fraction of sp³-hybridized carbons (Fsp3) is 0.471. The highest BCUT2D eigenvalue weighted by molar-refractivity contribution is 5.86. The minimum atomic E-state index is -4.81. The van der Waals surface area contributed by atoms with E-state index in [4.69, 9.17) is 0 Å². The van der Waals surface area contributed by atoms with Crippen LogP contribution in [0, 0.1) is 0 Å². The average molecular weight is 377 g/mol. The maximum absolute atomic E-state index is 13.2. The van der Waals surface area contributed by atoms with Crippen LogP contribution in [0.5, 0.6) is 0 Å². The van der Waals surface area contributed by atoms with Crippen LogP contribution >= 0.6 is 0 Å². The van der Waals surface area contributed by atoms with Gasteiger partial charge < -0.3 is 10.2 Å². The van der Waals surface area contributed by atoms with Gasteiger partial charge in [0.25, 0.3) is 0 Å². The molecule has 1 aliphatic heterocycles. The third-order valence-electron chi connectivity index (χ3n) is 4.43. The molecule has 3 rings (SSSR count). The van der Waals surface area contributed by atoms with Crippen molar-refractivity contribution in [2.24, 2.45) is 0 Å². The van der Waals surface area contributed by atoms with E-state index in [-0.39, 0.29) is 17.4 Å². The van der Waals surface area contributed by atoms with Gasteiger partial charge in [-0.15, -0.1) is 0 Å². The lowest BCUT2D eigenvalue weighted by Gasteiger charge is -2.27. The first kappa shape index (κ1) is 18.9. The number of piperazine rings is 1. The summed E-state index contributed by atoms with van der Waals surface area (Å²) in [5.74, 6) is 0. The minimum absolute atomic E-state index is 0.114. The number of fused-ring (bicyclic) bond motifs is 1. The summed E-state index contributed by atoms with van der Waals surface area (Å²) >= 11 is 0. The number of halogens is 6. The molecule has 26 heavy (non-hydrogen) atoms. The number of nitrogens with one attached hydrogen (secondary N) is 1. The van der Waals surface area contributed by atoms with Gasteiger partial charge in [0.1, 0.15) is 5.69 Å². The Balaban J connectivity index is 2.05. The van der Waals surface area contributed by atoms with Gasteiger partial charge in [-0.2, -0.15) is 26.3 Å². The van der Waals surface area contributed by atoms with E-state index in [1.54, 1.807) is 0 Å². The molecule has 0 atom stereocenters. The van der Waals surface area contributed by atoms with E-state index >= 15 is 0 Å². The highest BCUT2D eigenvalue weighted by Crippen LogP contribution is 2.37. The van der Waals surface area contributed by atoms with Gasteiger partial charge in [-0.3, -0.25) is 0 Å². The van der Waals surface area contributed by atoms with Crippen LogP contribution in [-0.2, 0) is 18.8 Å². The highest BCUT2D eigenvalue weighted by atomic mass is 19.4. The fourth-order valence-corrected chi connectivity index (χ4v) is 3.11. The van der Waals surface area contributed by atoms with Crippen LogP contribution in [0.2, 0.25) is 0 Å². The van der Waals surface area contributed by atoms with E-state index in [1.807, 2.05) is 0 Å². The molecule has 2 aromatic rings. The van der Waals surface area contributed by atoms with Crippen LogP contribution in [0.15, 0.2) is 24.3 Å². The smallest absolute Gasteiger partial charge is 0.314 e. The van der Waals surface area contributed by atoms with Crippen LogP contribution in [-0.4, -0.2) is 42.6 Å². The number of aromatic nitrogens is 1. The van der Waals surface area contributed by atoms with E-state index in [0.717, 1.165) is 38.3 Å². The molecular formula is C17H17F6N3. The molecule has 9 heteroatoms. The number of para-hydroxylation sites is 1. The van der Waals surface area contributed by atoms with Crippen molar-refractivity contribution in [1.82, 2.24) is 15.2 Å². The van der Waals surface area contributed by atoms with Crippen LogP contribution < -0.4 is 5.32 Å². The zero-order valence-corrected chi connectivity index (χ0v) is 13.7. The van der Waals surface area contributed by atoms with Gasteiger partial charge in [0.05, 0.1) is 11.1 Å². The van der Waals surface area contributed by atoms with Crippen molar-refractivity contribution in [2.45, 2.75) is 18.8 Å². The maximum atomic E-state index is 13.2. The number of pyridine rings is 1. The van der Waals surface area contributed by atoms with Gasteiger partial charge in [-0.25, -0.2) is 4.98 Å². The third kappa shape index (κ3) is 4.09. The first-order chi connectivity index (χ1) is 12.2. The van der Waals surface area contributed by atoms with Gasteiger partial charge in [-0.05, 0) is 24.1 Å². The molecule has 1 aliphatic rings. The molecule has 0 saturated carbocycles. The number of hydrogen-bond donors (Lipinski definition) is 1. The van der Waals surface area contributed by atoms with Gasteiger partial charge in [0, 0.05) is 38.1 Å². The number of hydrogen-bond acceptors (Lipinski definition) is 3. The SMILES string of the molecule is FC(F)(F)c1cc(CCN2CCNCC2)c2cccc(C(F)(F)F)c2n1. The Morgan fingerprint density at radius 1 is 1.00 bits per heavy atom. The summed E-state index contributed by atoms with van der Waals surface area (Å²) in [6.07, 6.45) is -9.35. The summed E-state index contributed by atoms with van der Waals surface area (Å²) in [6.45, 7) is 3.55. The van der Waals surface area contributed by atoms with Crippen molar-refractivity contribution in [3.63, 3.8) is 0 Å². The van der Waals surface area contributed by atoms with Crippen molar-refractivity contribution in [3.05, 3.63) is 41.1 Å². The van der Waals surface area contributed by atoms with Gasteiger partial charge in [0.15, 0.2) is 0 Å². The monoisotopic (exact) mass is 377 g/mol. The molecule has 1 N–H and O–H groups in total. The predicted octanol–water partition coefficient (Wildman–Crippen LogP) is 3.72. The molecule has 1 fully saturated rings. The van der Waals surface area contributed by atoms with Gasteiger partial charge >= 0.3 is 12.4 Å². The van der Waals surface area contributed by atoms with Gasteiger partial charge in [0.2, 0.25) is 0 Å². The highest BCUT2D eigenvalue weighted by Gasteiger charge is 2.37. The Labute approximate surface area is 146 Å². The summed E-state index contributed by atoms with van der Waals surface area (Å²) in [4.78, 5) is 5.37. The second-order valence-corrected chi connectivity index (χ2v) is 6.21. The molecular weight excluding hydrogens is 360 g/mol. The molecule has 1 aromatic heterocycles. The maximum Gasteiger partial charge on any atom is 0.433 e. The average Bonchev–Trinajstić information content (AvgIpc) is 2.58. The van der Waals surface area contributed by atoms with Crippen LogP contribution in [0.3, 0.4) is 0 Å². The first-order valence-electron chi connectivity index (χ1n) is 8.16. The molecule has 142 valence electrons. The summed E-state index contributed by atoms with van der Waals surface area (Å²) < 4.78 is 79.1. The topological polar surface area (TPSA) is 28.2 Å². The molecule has 0 spiro atoms. The zero-order valence-electron chi connectivity index (χ0n) is 13.7. The fourth-order valence-electron chi connectivity index (χ4n) is 3.11. The van der Waals surface area contributed by atoms with Crippen molar-refractivity contribution < 1.29 is 26.3 Å². The van der Waals surface area contributed by atoms with E-state index in [2.05, 4.69) is 15.2 Å². The number of benzene rings is 1. The van der Waals surface area contributed by atoms with Gasteiger partial charge in [-0.1, -0.05) is 12.1 Å². The lowest BCUT2D eigenvalue weighted by atomic mass is 10.0. The van der Waals surface area contributed by atoms with Crippen LogP contribution in [0.25, 0.3) is 10.9 Å². The summed E-state index contributed by atoms with van der Waals surface area (Å²) in [7, 11) is 0. The Bertz CT molecular complexity index is 778. The standard InChI is InChI=1S/C17H17F6N3/c18-16(19,20)13-3-1-2-12-11(4-7-26-8-5-24-6-9-26)10-14(17(21,22)23)25-15(12)13/h1-3,10,24H,4-9H2. The van der Waals surface area contributed by atoms with E-state index in [1.165, 1.54) is 12.1 Å². The van der Waals surface area contributed by atoms with E-state index in [9.17, 15) is 26.3 Å². The van der Waals surface area contributed by atoms with Crippen LogP contribution in [0.4, 0.5) is 26.3 Å². The van der Waals surface area contributed by atoms with E-state index < -0.39 is 29.1 Å². The largest absolute Gasteiger partial charge is 0.433 e. The second kappa shape index (κ2) is 7.03. The quantitative estimate of drug-likeness (QED) is 0.827. The predicted molar refractivity (Wildman–Crippen MR) is 84.8 cm³/mol. The summed E-state index contributed by atoms with van der Waals surface area (Å²) in [5, 5.41) is 3.28. The second-order valence-electron chi connectivity index (χ2n) is 6.21. The summed E-state index contributed by atoms with van der Waals surface area (Å²) in [5.41, 5.74) is -2.86. The molecule has 3 nitrogen and oxygen atoms in total.